The van der Waals surface area contributed by atoms with Gasteiger partial charge in [-0.25, -0.2) is 9.59 Å². The van der Waals surface area contributed by atoms with E-state index in [4.69, 9.17) is 28.4 Å². The molecule has 0 aromatic heterocycles. The minimum atomic E-state index is -0.395. The van der Waals surface area contributed by atoms with Crippen LogP contribution in [0.3, 0.4) is 0 Å². The molecule has 12 nitrogen and oxygen atoms in total. The van der Waals surface area contributed by atoms with E-state index in [9.17, 15) is 19.2 Å². The van der Waals surface area contributed by atoms with Gasteiger partial charge in [0.05, 0.1) is 63.5 Å². The Morgan fingerprint density at radius 1 is 0.646 bits per heavy atom. The van der Waals surface area contributed by atoms with Crippen LogP contribution >= 0.6 is 0 Å². The fraction of sp³-hybridized carbons (Fsp3) is 0.556. The van der Waals surface area contributed by atoms with E-state index in [0.29, 0.717) is 75.2 Å². The Labute approximate surface area is 283 Å². The third-order valence-electron chi connectivity index (χ3n) is 8.58. The summed E-state index contributed by atoms with van der Waals surface area (Å²) >= 11 is 0. The standard InChI is InChI=1S/2C17H21NO5.2CH4/c2*1-21-17(20)12-4-5-13-10-18(6-8-23-15(13)9-12)16(19)14-3-2-7-22-11-14;;/h2*4-5,9,14H,2-3,6-8,10-11H2,1H3;2*1H4/t2*14-;;/m10../s1. The molecule has 4 heterocycles. The van der Waals surface area contributed by atoms with Gasteiger partial charge in [-0.3, -0.25) is 9.59 Å². The van der Waals surface area contributed by atoms with E-state index in [-0.39, 0.29) is 38.5 Å². The Bertz CT molecular complexity index is 1300. The van der Waals surface area contributed by atoms with Gasteiger partial charge in [0.25, 0.3) is 0 Å². The Kier molecular flexibility index (Phi) is 14.7. The van der Waals surface area contributed by atoms with E-state index in [1.807, 2.05) is 21.9 Å². The summed E-state index contributed by atoms with van der Waals surface area (Å²) in [7, 11) is 2.70. The number of amides is 2. The first-order valence-corrected chi connectivity index (χ1v) is 15.8. The van der Waals surface area contributed by atoms with Gasteiger partial charge in [0.2, 0.25) is 11.8 Å². The SMILES string of the molecule is C.C.COC(=O)c1ccc2c(c1)OCCN(C(=O)[C@@H]1CCCOC1)C2.COC(=O)c1ccc2c(c1)OCCN(C(=O)[C@H]1CCCOC1)C2. The van der Waals surface area contributed by atoms with Crippen LogP contribution in [-0.2, 0) is 41.6 Å². The molecule has 2 fully saturated rings. The Morgan fingerprint density at radius 2 is 1.06 bits per heavy atom. The average molecular weight is 671 g/mol. The van der Waals surface area contributed by atoms with Crippen molar-refractivity contribution in [1.82, 2.24) is 9.80 Å². The minimum absolute atomic E-state index is 0. The number of esters is 2. The topological polar surface area (TPSA) is 130 Å². The van der Waals surface area contributed by atoms with Crippen LogP contribution in [0.2, 0.25) is 0 Å². The van der Waals surface area contributed by atoms with Gasteiger partial charge in [-0.15, -0.1) is 0 Å². The molecule has 0 unspecified atom stereocenters. The molecule has 0 bridgehead atoms. The third-order valence-corrected chi connectivity index (χ3v) is 8.58. The highest BCUT2D eigenvalue weighted by Crippen LogP contribution is 2.28. The molecule has 0 spiro atoms. The van der Waals surface area contributed by atoms with Gasteiger partial charge < -0.3 is 38.2 Å². The molecular formula is C36H50N2O10. The van der Waals surface area contributed by atoms with Crippen molar-refractivity contribution < 1.29 is 47.6 Å². The summed E-state index contributed by atoms with van der Waals surface area (Å²) in [4.78, 5) is 52.2. The number of nitrogens with zero attached hydrogens (tertiary/aromatic N) is 2. The summed E-state index contributed by atoms with van der Waals surface area (Å²) in [6.45, 7) is 5.38. The molecule has 264 valence electrons. The summed E-state index contributed by atoms with van der Waals surface area (Å²) in [5, 5.41) is 0. The maximum absolute atomic E-state index is 12.7. The van der Waals surface area contributed by atoms with Crippen molar-refractivity contribution in [3.05, 3.63) is 58.7 Å². The number of carbonyl (C=O) groups is 4. The van der Waals surface area contributed by atoms with Crippen LogP contribution in [0, 0.1) is 11.8 Å². The number of fused-ring (bicyclic) bond motifs is 2. The second-order valence-corrected chi connectivity index (χ2v) is 11.7. The highest BCUT2D eigenvalue weighted by molar-refractivity contribution is 5.90. The first-order chi connectivity index (χ1) is 22.4. The fourth-order valence-corrected chi connectivity index (χ4v) is 5.99. The van der Waals surface area contributed by atoms with Crippen molar-refractivity contribution in [3.63, 3.8) is 0 Å². The maximum atomic E-state index is 12.7. The van der Waals surface area contributed by atoms with Crippen molar-refractivity contribution in [3.8, 4) is 11.5 Å². The number of benzene rings is 2. The number of methoxy groups -OCH3 is 2. The molecule has 2 atom stereocenters. The first-order valence-electron chi connectivity index (χ1n) is 15.8. The van der Waals surface area contributed by atoms with Gasteiger partial charge in [-0.2, -0.15) is 0 Å². The second-order valence-electron chi connectivity index (χ2n) is 11.7. The molecule has 2 saturated heterocycles. The van der Waals surface area contributed by atoms with Crippen LogP contribution in [0.15, 0.2) is 36.4 Å². The number of hydrogen-bond donors (Lipinski definition) is 0. The molecular weight excluding hydrogens is 620 g/mol. The monoisotopic (exact) mass is 670 g/mol. The molecule has 2 aromatic carbocycles. The molecule has 4 aliphatic rings. The van der Waals surface area contributed by atoms with Crippen LogP contribution in [0.25, 0.3) is 0 Å². The van der Waals surface area contributed by atoms with Gasteiger partial charge in [0.1, 0.15) is 24.7 Å². The van der Waals surface area contributed by atoms with Gasteiger partial charge in [0, 0.05) is 37.4 Å². The van der Waals surface area contributed by atoms with Crippen LogP contribution in [0.5, 0.6) is 11.5 Å². The number of hydrogen-bond acceptors (Lipinski definition) is 10. The molecule has 0 saturated carbocycles. The Hall–Kier alpha value is -4.16. The lowest BCUT2D eigenvalue weighted by molar-refractivity contribution is -0.141. The van der Waals surface area contributed by atoms with Gasteiger partial charge in [-0.05, 0) is 49.9 Å². The molecule has 48 heavy (non-hydrogen) atoms. The molecule has 6 rings (SSSR count). The smallest absolute Gasteiger partial charge is 0.337 e. The first kappa shape index (κ1) is 38.3. The predicted octanol–water partition coefficient (Wildman–Crippen LogP) is 4.51. The quantitative estimate of drug-likeness (QED) is 0.429. The number of rotatable bonds is 4. The third kappa shape index (κ3) is 9.47. The van der Waals surface area contributed by atoms with Gasteiger partial charge in [0.15, 0.2) is 0 Å². The molecule has 2 amide bonds. The maximum Gasteiger partial charge on any atom is 0.337 e. The lowest BCUT2D eigenvalue weighted by Crippen LogP contribution is -2.40. The zero-order valence-electron chi connectivity index (χ0n) is 26.5. The van der Waals surface area contributed by atoms with Crippen molar-refractivity contribution in [1.29, 1.82) is 0 Å². The van der Waals surface area contributed by atoms with Crippen molar-refractivity contribution in [2.24, 2.45) is 11.8 Å². The lowest BCUT2D eigenvalue weighted by atomic mass is 10.00. The zero-order valence-corrected chi connectivity index (χ0v) is 26.5. The zero-order chi connectivity index (χ0) is 32.5. The molecule has 4 aliphatic heterocycles. The van der Waals surface area contributed by atoms with E-state index in [1.54, 1.807) is 24.3 Å². The van der Waals surface area contributed by atoms with E-state index < -0.39 is 11.9 Å². The minimum Gasteiger partial charge on any atom is -0.491 e. The van der Waals surface area contributed by atoms with Crippen molar-refractivity contribution in [2.45, 2.75) is 53.6 Å². The fourth-order valence-electron chi connectivity index (χ4n) is 5.99. The van der Waals surface area contributed by atoms with Crippen molar-refractivity contribution in [2.75, 3.05) is 67.0 Å². The van der Waals surface area contributed by atoms with E-state index in [0.717, 1.165) is 50.0 Å². The van der Waals surface area contributed by atoms with E-state index in [2.05, 4.69) is 0 Å². The van der Waals surface area contributed by atoms with Gasteiger partial charge >= 0.3 is 11.9 Å². The van der Waals surface area contributed by atoms with Crippen LogP contribution in [-0.4, -0.2) is 101 Å². The van der Waals surface area contributed by atoms with Gasteiger partial charge in [-0.1, -0.05) is 27.0 Å². The summed E-state index contributed by atoms with van der Waals surface area (Å²) in [6, 6.07) is 10.4. The predicted molar refractivity (Wildman–Crippen MR) is 178 cm³/mol. The number of ether oxygens (including phenoxy) is 6. The summed E-state index contributed by atoms with van der Waals surface area (Å²) in [5.74, 6) is 0.628. The summed E-state index contributed by atoms with van der Waals surface area (Å²) in [6.07, 6.45) is 3.62. The highest BCUT2D eigenvalue weighted by atomic mass is 16.5. The van der Waals surface area contributed by atoms with Crippen LogP contribution in [0.1, 0.15) is 72.4 Å². The largest absolute Gasteiger partial charge is 0.491 e. The second kappa shape index (κ2) is 18.4. The highest BCUT2D eigenvalue weighted by Gasteiger charge is 2.30. The summed E-state index contributed by atoms with van der Waals surface area (Å²) in [5.41, 5.74) is 2.71. The van der Waals surface area contributed by atoms with E-state index in [1.165, 1.54) is 14.2 Å². The molecule has 0 aliphatic carbocycles. The lowest BCUT2D eigenvalue weighted by Gasteiger charge is -2.28. The average Bonchev–Trinajstić information content (AvgIpc) is 3.47. The van der Waals surface area contributed by atoms with Crippen LogP contribution < -0.4 is 9.47 Å². The molecule has 12 heteroatoms. The molecule has 0 radical (unpaired) electrons. The normalized spacial score (nSPS) is 20.0. The van der Waals surface area contributed by atoms with Crippen molar-refractivity contribution >= 4 is 23.8 Å². The summed E-state index contributed by atoms with van der Waals surface area (Å²) < 4.78 is 31.7. The molecule has 2 aromatic rings. The molecule has 0 N–H and O–H groups in total. The Balaban J connectivity index is 0.000000250. The van der Waals surface area contributed by atoms with E-state index >= 15 is 0 Å². The number of carbonyl (C=O) groups excluding carboxylic acids is 4. The van der Waals surface area contributed by atoms with Crippen LogP contribution in [0.4, 0.5) is 0 Å². The Morgan fingerprint density at radius 3 is 1.42 bits per heavy atom.